The molecule has 0 bridgehead atoms. The van der Waals surface area contributed by atoms with Gasteiger partial charge in [-0.1, -0.05) is 49.6 Å². The van der Waals surface area contributed by atoms with E-state index >= 15 is 0 Å². The molecule has 252 valence electrons. The smallest absolute Gasteiger partial charge is 0.352 e. The second kappa shape index (κ2) is 15.6. The van der Waals surface area contributed by atoms with Crippen LogP contribution in [0.1, 0.15) is 74.8 Å². The number of carboxylic acid groups (broad SMARTS) is 1. The lowest BCUT2D eigenvalue weighted by molar-refractivity contribution is -0.150. The first-order valence-electron chi connectivity index (χ1n) is 16.2. The molecule has 1 saturated heterocycles. The molecule has 5 rings (SSSR count). The average molecular weight is 681 g/mol. The number of ether oxygens (including phenoxy) is 2. The van der Waals surface area contributed by atoms with Crippen LogP contribution < -0.4 is 10.1 Å². The lowest BCUT2D eigenvalue weighted by atomic mass is 9.73. The van der Waals surface area contributed by atoms with Crippen molar-refractivity contribution in [1.82, 2.24) is 10.2 Å². The number of thiophene rings is 1. The number of carbonyl (C=O) groups is 3. The number of aromatic hydroxyl groups is 1. The van der Waals surface area contributed by atoms with Crippen molar-refractivity contribution in [2.45, 2.75) is 83.1 Å². The van der Waals surface area contributed by atoms with Crippen molar-refractivity contribution in [3.05, 3.63) is 80.7 Å². The maximum atomic E-state index is 13.1. The van der Waals surface area contributed by atoms with Crippen LogP contribution in [0.15, 0.2) is 64.7 Å². The number of rotatable bonds is 15. The SMILES string of the molecule is C=C(C)[C@@H]1CCC(C)=C[C@H]1c1c(O)cc(CCCCC)cc1OCOCC1=C(C(=O)O)N2C(=O)[C@@H](NC(=O)Cc3cccs3)[C@H]2SC1. The number of phenols is 1. The molecule has 1 aromatic carbocycles. The average Bonchev–Trinajstić information content (AvgIpc) is 3.54. The predicted molar refractivity (Wildman–Crippen MR) is 185 cm³/mol. The number of aliphatic carboxylic acids is 1. The molecule has 11 heteroatoms. The first kappa shape index (κ1) is 34.8. The third-order valence-corrected chi connectivity index (χ3v) is 11.2. The van der Waals surface area contributed by atoms with E-state index in [2.05, 4.69) is 31.8 Å². The van der Waals surface area contributed by atoms with Gasteiger partial charge in [-0.25, -0.2) is 4.79 Å². The third-order valence-electron chi connectivity index (χ3n) is 9.02. The number of allylic oxidation sites excluding steroid dienone is 3. The monoisotopic (exact) mass is 680 g/mol. The van der Waals surface area contributed by atoms with E-state index in [9.17, 15) is 24.6 Å². The number of nitrogens with one attached hydrogen (secondary N) is 1. The normalized spacial score (nSPS) is 22.3. The predicted octanol–water partition coefficient (Wildman–Crippen LogP) is 6.54. The minimum atomic E-state index is -1.22. The van der Waals surface area contributed by atoms with Gasteiger partial charge in [-0.15, -0.1) is 23.1 Å². The van der Waals surface area contributed by atoms with Crippen LogP contribution in [-0.4, -0.2) is 63.5 Å². The van der Waals surface area contributed by atoms with Gasteiger partial charge >= 0.3 is 5.97 Å². The van der Waals surface area contributed by atoms with Crippen LogP contribution in [0.2, 0.25) is 0 Å². The number of hydrogen-bond acceptors (Lipinski definition) is 8. The van der Waals surface area contributed by atoms with Gasteiger partial charge in [0.15, 0.2) is 6.79 Å². The topological polar surface area (TPSA) is 125 Å². The summed E-state index contributed by atoms with van der Waals surface area (Å²) in [6, 6.07) is 6.77. The first-order chi connectivity index (χ1) is 22.6. The summed E-state index contributed by atoms with van der Waals surface area (Å²) in [5.74, 6) is -0.805. The maximum absolute atomic E-state index is 13.1. The van der Waals surface area contributed by atoms with Gasteiger partial charge in [0.25, 0.3) is 5.91 Å². The van der Waals surface area contributed by atoms with Gasteiger partial charge in [-0.05, 0) is 80.2 Å². The number of amides is 2. The van der Waals surface area contributed by atoms with Gasteiger partial charge in [0.05, 0.1) is 13.0 Å². The lowest BCUT2D eigenvalue weighted by Crippen LogP contribution is -2.70. The molecule has 3 heterocycles. The van der Waals surface area contributed by atoms with E-state index in [4.69, 9.17) is 9.47 Å². The molecule has 4 atom stereocenters. The number of nitrogens with zero attached hydrogens (tertiary/aromatic N) is 1. The van der Waals surface area contributed by atoms with Crippen molar-refractivity contribution in [1.29, 1.82) is 0 Å². The van der Waals surface area contributed by atoms with Crippen molar-refractivity contribution in [2.75, 3.05) is 19.2 Å². The highest BCUT2D eigenvalue weighted by atomic mass is 32.2. The minimum Gasteiger partial charge on any atom is -0.507 e. The molecule has 3 N–H and O–H groups in total. The van der Waals surface area contributed by atoms with Gasteiger partial charge < -0.3 is 25.0 Å². The molecule has 0 spiro atoms. The molecule has 3 aliphatic rings. The number of benzene rings is 1. The molecule has 0 radical (unpaired) electrons. The molecule has 0 unspecified atom stereocenters. The Morgan fingerprint density at radius 2 is 2.04 bits per heavy atom. The molecule has 2 amide bonds. The summed E-state index contributed by atoms with van der Waals surface area (Å²) in [6.07, 6.45) is 8.28. The number of carboxylic acids is 1. The number of fused-ring (bicyclic) bond motifs is 1. The van der Waals surface area contributed by atoms with Crippen molar-refractivity contribution < 1.29 is 34.1 Å². The number of thioether (sulfide) groups is 1. The molecule has 2 aliphatic heterocycles. The third kappa shape index (κ3) is 7.96. The van der Waals surface area contributed by atoms with E-state index in [1.807, 2.05) is 36.6 Å². The van der Waals surface area contributed by atoms with E-state index in [0.717, 1.165) is 54.5 Å². The molecule has 2 aromatic rings. The fourth-order valence-corrected chi connectivity index (χ4v) is 8.64. The second-order valence-electron chi connectivity index (χ2n) is 12.6. The Labute approximate surface area is 284 Å². The zero-order valence-corrected chi connectivity index (χ0v) is 28.9. The molecule has 0 saturated carbocycles. The highest BCUT2D eigenvalue weighted by molar-refractivity contribution is 8.00. The standard InChI is InChI=1S/C36H44N2O7S2/c1-5-6-7-9-23-15-28(39)31(27-14-22(4)11-12-26(27)21(2)3)29(16-23)45-20-44-18-24-19-47-35-32(34(41)38(35)33(24)36(42)43)37-30(40)17-25-10-8-13-46-25/h8,10,13-16,26-27,32,35,39H,2,5-7,9,11-12,17-20H2,1,3-4H3,(H,37,40)(H,42,43)/t26-,27+,32+,35+/m0/s1. The molecule has 1 aromatic heterocycles. The minimum absolute atomic E-state index is 0.0468. The molecule has 9 nitrogen and oxygen atoms in total. The van der Waals surface area contributed by atoms with Gasteiger partial charge in [-0.2, -0.15) is 0 Å². The first-order valence-corrected chi connectivity index (χ1v) is 18.1. The Hall–Kier alpha value is -3.54. The summed E-state index contributed by atoms with van der Waals surface area (Å²) in [5.41, 5.74) is 4.36. The summed E-state index contributed by atoms with van der Waals surface area (Å²) in [6.45, 7) is 10.3. The Morgan fingerprint density at radius 1 is 1.23 bits per heavy atom. The number of unbranched alkanes of at least 4 members (excludes halogenated alkanes) is 2. The van der Waals surface area contributed by atoms with E-state index < -0.39 is 23.3 Å². The quantitative estimate of drug-likeness (QED) is 0.0839. The molecular weight excluding hydrogens is 637 g/mol. The van der Waals surface area contributed by atoms with Gasteiger partial charge in [-0.3, -0.25) is 14.5 Å². The summed E-state index contributed by atoms with van der Waals surface area (Å²) in [4.78, 5) is 40.1. The highest BCUT2D eigenvalue weighted by Crippen LogP contribution is 2.47. The molecular formula is C36H44N2O7S2. The summed E-state index contributed by atoms with van der Waals surface area (Å²) in [5, 5.41) is 25.6. The van der Waals surface area contributed by atoms with Gasteiger partial charge in [0, 0.05) is 22.1 Å². The fourth-order valence-electron chi connectivity index (χ4n) is 6.61. The summed E-state index contributed by atoms with van der Waals surface area (Å²) in [7, 11) is 0. The molecule has 1 aliphatic carbocycles. The number of carbonyl (C=O) groups excluding carboxylic acids is 2. The Kier molecular flexibility index (Phi) is 11.5. The summed E-state index contributed by atoms with van der Waals surface area (Å²) >= 11 is 2.86. The van der Waals surface area contributed by atoms with Crippen LogP contribution in [0.4, 0.5) is 0 Å². The fraction of sp³-hybridized carbons (Fsp3) is 0.472. The van der Waals surface area contributed by atoms with Crippen LogP contribution >= 0.6 is 23.1 Å². The zero-order valence-electron chi connectivity index (χ0n) is 27.3. The van der Waals surface area contributed by atoms with E-state index in [0.29, 0.717) is 22.6 Å². The van der Waals surface area contributed by atoms with Crippen LogP contribution in [0, 0.1) is 5.92 Å². The highest BCUT2D eigenvalue weighted by Gasteiger charge is 2.54. The van der Waals surface area contributed by atoms with Crippen LogP contribution in [-0.2, 0) is 32.0 Å². The Bertz CT molecular complexity index is 1560. The molecule has 1 fully saturated rings. The van der Waals surface area contributed by atoms with Gasteiger partial charge in [0.1, 0.15) is 28.6 Å². The lowest BCUT2D eigenvalue weighted by Gasteiger charge is -2.49. The van der Waals surface area contributed by atoms with Crippen molar-refractivity contribution in [3.63, 3.8) is 0 Å². The van der Waals surface area contributed by atoms with E-state index in [-0.39, 0.29) is 49.0 Å². The Balaban J connectivity index is 1.28. The van der Waals surface area contributed by atoms with E-state index in [1.165, 1.54) is 33.6 Å². The largest absolute Gasteiger partial charge is 0.507 e. The molecule has 47 heavy (non-hydrogen) atoms. The van der Waals surface area contributed by atoms with Crippen molar-refractivity contribution in [3.8, 4) is 11.5 Å². The van der Waals surface area contributed by atoms with Crippen molar-refractivity contribution in [2.24, 2.45) is 5.92 Å². The van der Waals surface area contributed by atoms with Gasteiger partial charge in [0.2, 0.25) is 5.91 Å². The maximum Gasteiger partial charge on any atom is 0.352 e. The van der Waals surface area contributed by atoms with Crippen LogP contribution in [0.25, 0.3) is 0 Å². The van der Waals surface area contributed by atoms with E-state index in [1.54, 1.807) is 0 Å². The number of aryl methyl sites for hydroxylation is 1. The Morgan fingerprint density at radius 3 is 2.74 bits per heavy atom. The second-order valence-corrected chi connectivity index (χ2v) is 14.7. The zero-order chi connectivity index (χ0) is 33.7. The number of phenolic OH excluding ortho intramolecular Hbond substituents is 1. The summed E-state index contributed by atoms with van der Waals surface area (Å²) < 4.78 is 12.1. The number of hydrogen-bond donors (Lipinski definition) is 3. The van der Waals surface area contributed by atoms with Crippen LogP contribution in [0.5, 0.6) is 11.5 Å². The van der Waals surface area contributed by atoms with Crippen molar-refractivity contribution >= 4 is 40.9 Å². The number of β-lactam (4-membered cyclic amide) rings is 1. The van der Waals surface area contributed by atoms with Crippen LogP contribution in [0.3, 0.4) is 0 Å².